The van der Waals surface area contributed by atoms with Crippen LogP contribution in [0.1, 0.15) is 25.0 Å². The Balaban J connectivity index is 0.933. The highest BCUT2D eigenvalue weighted by Gasteiger charge is 2.35. The topological polar surface area (TPSA) is 63.4 Å². The predicted molar refractivity (Wildman–Crippen MR) is 252 cm³/mol. The van der Waals surface area contributed by atoms with Gasteiger partial charge in [0.2, 0.25) is 0 Å². The van der Waals surface area contributed by atoms with Crippen LogP contribution in [0.5, 0.6) is 0 Å². The fraction of sp³-hybridized carbons (Fsp3) is 0.0702. The molecule has 62 heavy (non-hydrogen) atoms. The molecule has 2 aromatic heterocycles. The third kappa shape index (κ3) is 5.81. The monoisotopic (exact) mass is 793 g/mol. The van der Waals surface area contributed by atoms with Crippen LogP contribution in [-0.4, -0.2) is 21.6 Å². The maximum Gasteiger partial charge on any atom is 0.160 e. The molecule has 1 aliphatic carbocycles. The molecule has 292 valence electrons. The molecule has 0 saturated heterocycles. The molecule has 0 atom stereocenters. The van der Waals surface area contributed by atoms with Gasteiger partial charge in [-0.15, -0.1) is 0 Å². The van der Waals surface area contributed by atoms with Crippen molar-refractivity contribution in [3.8, 4) is 78.5 Å². The molecule has 0 N–H and O–H groups in total. The standard InChI is InChI=1S/C57H39N5/c1-57(2)47-19-11-9-17-42(47)43-30-29-41(31-48(43)57)35-21-25-37(26-22-35)50-33-51(62-56(61-50)40-15-7-4-8-16-40)38-27-23-36(24-28-38)45-32-46-52(55-54(45)58-34-59-55)44-18-10-12-20-49(44)60-53(46)39-13-5-3-6-14-39/h3-33H,34H2,1-2H3. The lowest BCUT2D eigenvalue weighted by Crippen LogP contribution is -2.25. The third-order valence-electron chi connectivity index (χ3n) is 12.8. The molecular weight excluding hydrogens is 755 g/mol. The molecule has 0 radical (unpaired) electrons. The molecule has 0 saturated carbocycles. The SMILES string of the molecule is CC1(C)c2ccccc2-c2ccc(-c3ccc(-c4cc(-c5ccc(-c6cc7c(-c8ccccc8)nc8ccccc8c7c7c6=NCN=7)cc5)nc(-c5ccccc5)n4)cc3)cc21. The Morgan fingerprint density at radius 3 is 1.71 bits per heavy atom. The summed E-state index contributed by atoms with van der Waals surface area (Å²) >= 11 is 0. The molecule has 0 unspecified atom stereocenters. The van der Waals surface area contributed by atoms with E-state index < -0.39 is 0 Å². The van der Waals surface area contributed by atoms with Crippen LogP contribution in [0.3, 0.4) is 0 Å². The first kappa shape index (κ1) is 36.0. The van der Waals surface area contributed by atoms with Crippen LogP contribution in [0.25, 0.3) is 100 Å². The van der Waals surface area contributed by atoms with Crippen molar-refractivity contribution < 1.29 is 0 Å². The van der Waals surface area contributed by atoms with E-state index in [1.165, 1.54) is 33.4 Å². The molecule has 1 aliphatic heterocycles. The van der Waals surface area contributed by atoms with Crippen LogP contribution >= 0.6 is 0 Å². The van der Waals surface area contributed by atoms with Gasteiger partial charge in [-0.05, 0) is 63.2 Å². The second-order valence-electron chi connectivity index (χ2n) is 16.8. The molecule has 0 spiro atoms. The van der Waals surface area contributed by atoms with E-state index in [1.807, 2.05) is 30.3 Å². The summed E-state index contributed by atoms with van der Waals surface area (Å²) in [4.78, 5) is 25.4. The number of benzene rings is 8. The molecule has 2 aliphatic rings. The first-order valence-electron chi connectivity index (χ1n) is 21.2. The van der Waals surface area contributed by atoms with Crippen molar-refractivity contribution in [1.29, 1.82) is 0 Å². The zero-order valence-electron chi connectivity index (χ0n) is 34.3. The fourth-order valence-corrected chi connectivity index (χ4v) is 9.61. The van der Waals surface area contributed by atoms with E-state index in [0.717, 1.165) is 82.9 Å². The van der Waals surface area contributed by atoms with Crippen molar-refractivity contribution in [2.75, 3.05) is 6.67 Å². The smallest absolute Gasteiger partial charge is 0.160 e. The summed E-state index contributed by atoms with van der Waals surface area (Å²) < 4.78 is 0. The molecule has 5 nitrogen and oxygen atoms in total. The van der Waals surface area contributed by atoms with Gasteiger partial charge < -0.3 is 0 Å². The second-order valence-corrected chi connectivity index (χ2v) is 16.8. The summed E-state index contributed by atoms with van der Waals surface area (Å²) in [5.74, 6) is 0.688. The summed E-state index contributed by atoms with van der Waals surface area (Å²) in [5, 5.41) is 5.11. The van der Waals surface area contributed by atoms with E-state index in [4.69, 9.17) is 24.9 Å². The summed E-state index contributed by atoms with van der Waals surface area (Å²) in [6, 6.07) is 66.5. The molecule has 0 amide bonds. The number of hydrogen-bond donors (Lipinski definition) is 0. The van der Waals surface area contributed by atoms with Crippen molar-refractivity contribution in [3.63, 3.8) is 0 Å². The van der Waals surface area contributed by atoms with Gasteiger partial charge in [-0.1, -0.05) is 178 Å². The van der Waals surface area contributed by atoms with Gasteiger partial charge in [0.15, 0.2) is 5.82 Å². The highest BCUT2D eigenvalue weighted by molar-refractivity contribution is 6.11. The van der Waals surface area contributed by atoms with E-state index in [-0.39, 0.29) is 5.41 Å². The first-order valence-corrected chi connectivity index (χ1v) is 21.2. The minimum absolute atomic E-state index is 0.0510. The average molecular weight is 794 g/mol. The van der Waals surface area contributed by atoms with Crippen LogP contribution in [0.2, 0.25) is 0 Å². The normalized spacial score (nSPS) is 13.3. The van der Waals surface area contributed by atoms with E-state index in [0.29, 0.717) is 12.5 Å². The number of para-hydroxylation sites is 1. The van der Waals surface area contributed by atoms with E-state index in [9.17, 15) is 0 Å². The van der Waals surface area contributed by atoms with E-state index in [1.54, 1.807) is 0 Å². The van der Waals surface area contributed by atoms with Gasteiger partial charge >= 0.3 is 0 Å². The maximum atomic E-state index is 5.21. The summed E-state index contributed by atoms with van der Waals surface area (Å²) in [5.41, 5.74) is 17.6. The maximum absolute atomic E-state index is 5.21. The van der Waals surface area contributed by atoms with Gasteiger partial charge in [0.1, 0.15) is 6.67 Å². The zero-order chi connectivity index (χ0) is 41.4. The van der Waals surface area contributed by atoms with Crippen LogP contribution in [0.4, 0.5) is 0 Å². The molecule has 5 heteroatoms. The minimum Gasteiger partial charge on any atom is -0.259 e. The summed E-state index contributed by atoms with van der Waals surface area (Å²) in [6.45, 7) is 5.07. The average Bonchev–Trinajstić information content (AvgIpc) is 3.92. The van der Waals surface area contributed by atoms with Crippen LogP contribution in [-0.2, 0) is 5.41 Å². The molecule has 3 heterocycles. The Morgan fingerprint density at radius 2 is 0.968 bits per heavy atom. The molecule has 10 aromatic rings. The van der Waals surface area contributed by atoms with Crippen molar-refractivity contribution in [1.82, 2.24) is 15.0 Å². The molecule has 12 rings (SSSR count). The Morgan fingerprint density at radius 1 is 0.387 bits per heavy atom. The number of aromatic nitrogens is 3. The molecule has 8 aromatic carbocycles. The Labute approximate surface area is 359 Å². The Hall–Kier alpha value is -7.89. The lowest BCUT2D eigenvalue weighted by Gasteiger charge is -2.22. The lowest BCUT2D eigenvalue weighted by atomic mass is 9.81. The van der Waals surface area contributed by atoms with Crippen molar-refractivity contribution in [2.45, 2.75) is 19.3 Å². The van der Waals surface area contributed by atoms with Crippen LogP contribution in [0.15, 0.2) is 198 Å². The number of hydrogen-bond acceptors (Lipinski definition) is 5. The highest BCUT2D eigenvalue weighted by Crippen LogP contribution is 2.49. The quantitative estimate of drug-likeness (QED) is 0.158. The minimum atomic E-state index is -0.0510. The van der Waals surface area contributed by atoms with Crippen LogP contribution in [0, 0.1) is 0 Å². The van der Waals surface area contributed by atoms with E-state index >= 15 is 0 Å². The number of nitrogens with zero attached hydrogens (tertiary/aromatic N) is 5. The van der Waals surface area contributed by atoms with Crippen molar-refractivity contribution >= 4 is 21.7 Å². The first-order chi connectivity index (χ1) is 30.5. The van der Waals surface area contributed by atoms with Crippen LogP contribution < -0.4 is 10.7 Å². The van der Waals surface area contributed by atoms with Gasteiger partial charge in [-0.25, -0.2) is 15.0 Å². The molecule has 0 fully saturated rings. The van der Waals surface area contributed by atoms with E-state index in [2.05, 4.69) is 172 Å². The largest absolute Gasteiger partial charge is 0.259 e. The third-order valence-corrected chi connectivity index (χ3v) is 12.8. The lowest BCUT2D eigenvalue weighted by molar-refractivity contribution is 0.660. The van der Waals surface area contributed by atoms with Crippen molar-refractivity contribution in [3.05, 3.63) is 210 Å². The Bertz CT molecular complexity index is 3540. The Kier molecular flexibility index (Phi) is 8.19. The summed E-state index contributed by atoms with van der Waals surface area (Å²) in [7, 11) is 0. The van der Waals surface area contributed by atoms with Gasteiger partial charge in [0, 0.05) is 49.4 Å². The molecule has 0 bridgehead atoms. The van der Waals surface area contributed by atoms with Gasteiger partial charge in [0.25, 0.3) is 0 Å². The second kappa shape index (κ2) is 14.1. The summed E-state index contributed by atoms with van der Waals surface area (Å²) in [6.07, 6.45) is 0. The number of fused-ring (bicyclic) bond motifs is 8. The highest BCUT2D eigenvalue weighted by atomic mass is 15.0. The zero-order valence-corrected chi connectivity index (χ0v) is 34.3. The van der Waals surface area contributed by atoms with Crippen molar-refractivity contribution in [2.24, 2.45) is 9.98 Å². The predicted octanol–water partition coefficient (Wildman–Crippen LogP) is 12.7. The molecular formula is C57H39N5. The van der Waals surface area contributed by atoms with Gasteiger partial charge in [-0.2, -0.15) is 0 Å². The number of rotatable bonds is 6. The van der Waals surface area contributed by atoms with Gasteiger partial charge in [0.05, 0.1) is 33.3 Å². The fourth-order valence-electron chi connectivity index (χ4n) is 9.61. The van der Waals surface area contributed by atoms with Gasteiger partial charge in [-0.3, -0.25) is 9.98 Å². The number of pyridine rings is 1.